The van der Waals surface area contributed by atoms with Crippen molar-refractivity contribution in [2.24, 2.45) is 0 Å². The molecular weight excluding hydrogens is 342 g/mol. The second kappa shape index (κ2) is 10.4. The first-order valence-corrected chi connectivity index (χ1v) is 9.54. The van der Waals surface area contributed by atoms with Crippen LogP contribution >= 0.6 is 0 Å². The molecule has 6 heteroatoms. The molecule has 0 spiro atoms. The largest absolute Gasteiger partial charge is 0.459 e. The topological polar surface area (TPSA) is 65.8 Å². The molecule has 0 aromatic heterocycles. The minimum Gasteiger partial charge on any atom is -0.459 e. The Morgan fingerprint density at radius 1 is 1.26 bits per heavy atom. The van der Waals surface area contributed by atoms with Gasteiger partial charge in [0.1, 0.15) is 5.60 Å². The van der Waals surface area contributed by atoms with Crippen molar-refractivity contribution in [2.75, 3.05) is 39.4 Å². The Bertz CT molecular complexity index is 622. The number of carbonyl (C=O) groups is 1. The number of esters is 1. The van der Waals surface area contributed by atoms with Crippen molar-refractivity contribution >= 4 is 5.97 Å². The first kappa shape index (κ1) is 21.4. The van der Waals surface area contributed by atoms with Gasteiger partial charge in [-0.05, 0) is 26.3 Å². The van der Waals surface area contributed by atoms with Gasteiger partial charge in [0.25, 0.3) is 0 Å². The fraction of sp³-hybridized carbons (Fsp3) is 0.619. The van der Waals surface area contributed by atoms with E-state index in [4.69, 9.17) is 14.7 Å². The number of hydrogen-bond donors (Lipinski definition) is 0. The number of hydrogen-bond acceptors (Lipinski definition) is 6. The summed E-state index contributed by atoms with van der Waals surface area (Å²) in [5.41, 5.74) is 0.798. The highest BCUT2D eigenvalue weighted by Crippen LogP contribution is 2.16. The SMILES string of the molecule is CC(C)(C)OC(=O)CN1CCN(Cc2ccccc2)C(COCCC#N)C1. The number of carbonyl (C=O) groups excluding carboxylic acids is 1. The highest BCUT2D eigenvalue weighted by molar-refractivity contribution is 5.72. The molecule has 1 aliphatic heterocycles. The number of piperazine rings is 1. The van der Waals surface area contributed by atoms with Gasteiger partial charge < -0.3 is 9.47 Å². The molecule has 0 amide bonds. The van der Waals surface area contributed by atoms with Crippen molar-refractivity contribution in [2.45, 2.75) is 45.4 Å². The van der Waals surface area contributed by atoms with E-state index in [2.05, 4.69) is 28.0 Å². The summed E-state index contributed by atoms with van der Waals surface area (Å²) in [6.07, 6.45) is 0.396. The van der Waals surface area contributed by atoms with Crippen LogP contribution in [0.2, 0.25) is 0 Å². The van der Waals surface area contributed by atoms with E-state index in [1.807, 2.05) is 39.0 Å². The molecule has 6 nitrogen and oxygen atoms in total. The van der Waals surface area contributed by atoms with Gasteiger partial charge in [0, 0.05) is 32.2 Å². The Kier molecular flexibility index (Phi) is 8.23. The van der Waals surface area contributed by atoms with E-state index in [-0.39, 0.29) is 12.0 Å². The third-order valence-corrected chi connectivity index (χ3v) is 4.36. The molecule has 1 saturated heterocycles. The molecule has 2 rings (SSSR count). The molecule has 1 aromatic rings. The zero-order chi connectivity index (χ0) is 19.7. The summed E-state index contributed by atoms with van der Waals surface area (Å²) in [5.74, 6) is -0.192. The third-order valence-electron chi connectivity index (χ3n) is 4.36. The van der Waals surface area contributed by atoms with Crippen molar-refractivity contribution in [3.8, 4) is 6.07 Å². The molecule has 1 unspecified atom stereocenters. The zero-order valence-corrected chi connectivity index (χ0v) is 16.7. The van der Waals surface area contributed by atoms with Gasteiger partial charge in [0.05, 0.1) is 32.2 Å². The summed E-state index contributed by atoms with van der Waals surface area (Å²) in [7, 11) is 0. The molecule has 1 fully saturated rings. The number of benzene rings is 1. The Morgan fingerprint density at radius 2 is 2.00 bits per heavy atom. The summed E-state index contributed by atoms with van der Waals surface area (Å²) in [6, 6.07) is 12.6. The smallest absolute Gasteiger partial charge is 0.320 e. The predicted molar refractivity (Wildman–Crippen MR) is 104 cm³/mol. The van der Waals surface area contributed by atoms with Crippen LogP contribution in [0.3, 0.4) is 0 Å². The van der Waals surface area contributed by atoms with Gasteiger partial charge in [-0.25, -0.2) is 0 Å². The molecule has 0 N–H and O–H groups in total. The second-order valence-electron chi connectivity index (χ2n) is 7.91. The van der Waals surface area contributed by atoms with Crippen LogP contribution in [0.4, 0.5) is 0 Å². The van der Waals surface area contributed by atoms with E-state index in [0.717, 1.165) is 26.2 Å². The monoisotopic (exact) mass is 373 g/mol. The lowest BCUT2D eigenvalue weighted by atomic mass is 10.1. The molecule has 148 valence electrons. The van der Waals surface area contributed by atoms with Gasteiger partial charge in [-0.2, -0.15) is 5.26 Å². The number of rotatable bonds is 8. The maximum atomic E-state index is 12.2. The van der Waals surface area contributed by atoms with Crippen molar-refractivity contribution in [1.82, 2.24) is 9.80 Å². The summed E-state index contributed by atoms with van der Waals surface area (Å²) in [4.78, 5) is 16.7. The molecule has 1 heterocycles. The molecular formula is C21H31N3O3. The van der Waals surface area contributed by atoms with Gasteiger partial charge >= 0.3 is 5.97 Å². The summed E-state index contributed by atoms with van der Waals surface area (Å²) in [6.45, 7) is 10.2. The second-order valence-corrected chi connectivity index (χ2v) is 7.91. The molecule has 0 aliphatic carbocycles. The zero-order valence-electron chi connectivity index (χ0n) is 16.7. The highest BCUT2D eigenvalue weighted by Gasteiger charge is 2.29. The van der Waals surface area contributed by atoms with Crippen molar-refractivity contribution in [3.63, 3.8) is 0 Å². The first-order valence-electron chi connectivity index (χ1n) is 9.54. The molecule has 1 aromatic carbocycles. The quantitative estimate of drug-likeness (QED) is 0.515. The van der Waals surface area contributed by atoms with Gasteiger partial charge in [-0.3, -0.25) is 14.6 Å². The lowest BCUT2D eigenvalue weighted by molar-refractivity contribution is -0.157. The van der Waals surface area contributed by atoms with E-state index in [1.54, 1.807) is 0 Å². The first-order chi connectivity index (χ1) is 12.9. The Morgan fingerprint density at radius 3 is 2.67 bits per heavy atom. The van der Waals surface area contributed by atoms with Crippen LogP contribution in [-0.4, -0.2) is 66.8 Å². The molecule has 0 saturated carbocycles. The van der Waals surface area contributed by atoms with Crippen molar-refractivity contribution < 1.29 is 14.3 Å². The van der Waals surface area contributed by atoms with Crippen LogP contribution in [0.25, 0.3) is 0 Å². The third kappa shape index (κ3) is 8.08. The summed E-state index contributed by atoms with van der Waals surface area (Å²) >= 11 is 0. The van der Waals surface area contributed by atoms with Crippen LogP contribution in [-0.2, 0) is 20.8 Å². The van der Waals surface area contributed by atoms with Crippen LogP contribution in [0.5, 0.6) is 0 Å². The molecule has 27 heavy (non-hydrogen) atoms. The number of ether oxygens (including phenoxy) is 2. The fourth-order valence-corrected chi connectivity index (χ4v) is 3.18. The normalized spacial score (nSPS) is 18.8. The Balaban J connectivity index is 1.93. The average Bonchev–Trinajstić information content (AvgIpc) is 2.60. The Hall–Kier alpha value is -1.94. The molecule has 1 aliphatic rings. The lowest BCUT2D eigenvalue weighted by Gasteiger charge is -2.41. The molecule has 0 radical (unpaired) electrons. The minimum absolute atomic E-state index is 0.181. The summed E-state index contributed by atoms with van der Waals surface area (Å²) < 4.78 is 11.2. The number of nitriles is 1. The van der Waals surface area contributed by atoms with Crippen molar-refractivity contribution in [3.05, 3.63) is 35.9 Å². The number of nitrogens with zero attached hydrogens (tertiary/aromatic N) is 3. The fourth-order valence-electron chi connectivity index (χ4n) is 3.18. The lowest BCUT2D eigenvalue weighted by Crippen LogP contribution is -2.55. The maximum absolute atomic E-state index is 12.2. The van der Waals surface area contributed by atoms with Crippen LogP contribution in [0, 0.1) is 11.3 Å². The van der Waals surface area contributed by atoms with Crippen LogP contribution < -0.4 is 0 Å². The predicted octanol–water partition coefficient (Wildman–Crippen LogP) is 2.44. The summed E-state index contributed by atoms with van der Waals surface area (Å²) in [5, 5.41) is 8.68. The minimum atomic E-state index is -0.466. The van der Waals surface area contributed by atoms with Crippen LogP contribution in [0.1, 0.15) is 32.8 Å². The Labute approximate surface area is 162 Å². The average molecular weight is 373 g/mol. The van der Waals surface area contributed by atoms with E-state index in [9.17, 15) is 4.79 Å². The van der Waals surface area contributed by atoms with Gasteiger partial charge in [0.2, 0.25) is 0 Å². The van der Waals surface area contributed by atoms with E-state index >= 15 is 0 Å². The van der Waals surface area contributed by atoms with Gasteiger partial charge in [-0.15, -0.1) is 0 Å². The molecule has 1 atom stereocenters. The molecule has 0 bridgehead atoms. The van der Waals surface area contributed by atoms with E-state index in [0.29, 0.717) is 26.2 Å². The van der Waals surface area contributed by atoms with E-state index < -0.39 is 5.60 Å². The van der Waals surface area contributed by atoms with Crippen LogP contribution in [0.15, 0.2) is 30.3 Å². The van der Waals surface area contributed by atoms with E-state index in [1.165, 1.54) is 5.56 Å². The van der Waals surface area contributed by atoms with Gasteiger partial charge in [0.15, 0.2) is 0 Å². The van der Waals surface area contributed by atoms with Gasteiger partial charge in [-0.1, -0.05) is 30.3 Å². The standard InChI is InChI=1S/C21H31N3O3/c1-21(2,3)27-20(25)16-23-11-12-24(14-18-8-5-4-6-9-18)19(15-23)17-26-13-7-10-22/h4-6,8-9,19H,7,11-17H2,1-3H3. The maximum Gasteiger partial charge on any atom is 0.320 e. The highest BCUT2D eigenvalue weighted by atomic mass is 16.6. The van der Waals surface area contributed by atoms with Crippen molar-refractivity contribution in [1.29, 1.82) is 5.26 Å².